The first-order chi connectivity index (χ1) is 17.6. The highest BCUT2D eigenvalue weighted by atomic mass is 35.5. The van der Waals surface area contributed by atoms with E-state index < -0.39 is 23.4 Å². The first-order valence-corrected chi connectivity index (χ1v) is 13.4. The number of amides is 1. The molecule has 2 aromatic rings. The summed E-state index contributed by atoms with van der Waals surface area (Å²) in [6.45, 7) is 8.50. The summed E-state index contributed by atoms with van der Waals surface area (Å²) in [5.74, 6) is -0.180. The van der Waals surface area contributed by atoms with Crippen molar-refractivity contribution in [2.24, 2.45) is 22.7 Å². The number of piperidine rings is 1. The number of carbonyl (C=O) groups is 2. The van der Waals surface area contributed by atoms with Gasteiger partial charge in [-0.2, -0.15) is 0 Å². The van der Waals surface area contributed by atoms with Crippen LogP contribution in [0.3, 0.4) is 0 Å². The van der Waals surface area contributed by atoms with Crippen LogP contribution in [0, 0.1) is 23.6 Å². The van der Waals surface area contributed by atoms with E-state index in [1.165, 1.54) is 23.5 Å². The zero-order valence-electron chi connectivity index (χ0n) is 21.0. The first-order valence-electron chi connectivity index (χ1n) is 12.2. The van der Waals surface area contributed by atoms with Gasteiger partial charge in [0.25, 0.3) is 0 Å². The van der Waals surface area contributed by atoms with E-state index >= 15 is 0 Å². The van der Waals surface area contributed by atoms with Crippen molar-refractivity contribution in [3.63, 3.8) is 0 Å². The summed E-state index contributed by atoms with van der Waals surface area (Å²) in [5, 5.41) is 6.04. The third kappa shape index (κ3) is 5.09. The van der Waals surface area contributed by atoms with Crippen LogP contribution in [0.2, 0.25) is 5.02 Å². The number of thiazole rings is 1. The molecule has 0 radical (unpaired) electrons. The maximum absolute atomic E-state index is 13.9. The number of aromatic nitrogens is 1. The number of halogens is 2. The summed E-state index contributed by atoms with van der Waals surface area (Å²) in [6, 6.07) is 3.26. The van der Waals surface area contributed by atoms with Gasteiger partial charge in [0.1, 0.15) is 17.5 Å². The number of carbonyl (C=O) groups excluding carboxylic acids is 2. The number of benzene rings is 1. The van der Waals surface area contributed by atoms with Gasteiger partial charge in [-0.3, -0.25) is 4.99 Å². The molecule has 0 bridgehead atoms. The Bertz CT molecular complexity index is 1280. The third-order valence-corrected chi connectivity index (χ3v) is 7.75. The molecule has 1 aromatic carbocycles. The molecular weight excluding hydrogens is 519 g/mol. The van der Waals surface area contributed by atoms with E-state index in [9.17, 15) is 14.0 Å². The molecule has 196 valence electrons. The molecule has 1 amide bonds. The van der Waals surface area contributed by atoms with Crippen molar-refractivity contribution >= 4 is 40.8 Å². The van der Waals surface area contributed by atoms with Crippen LogP contribution >= 0.6 is 22.9 Å². The van der Waals surface area contributed by atoms with Crippen LogP contribution < -0.4 is 5.32 Å². The molecule has 11 heteroatoms. The average Bonchev–Trinajstić information content (AvgIpc) is 3.20. The van der Waals surface area contributed by atoms with Crippen LogP contribution in [0.15, 0.2) is 46.0 Å². The number of allylic oxidation sites excluding steroid dienone is 1. The van der Waals surface area contributed by atoms with Crippen LogP contribution in [0.25, 0.3) is 0 Å². The van der Waals surface area contributed by atoms with Gasteiger partial charge in [-0.05, 0) is 51.7 Å². The molecule has 1 aliphatic carbocycles. The van der Waals surface area contributed by atoms with Crippen molar-refractivity contribution < 1.29 is 23.5 Å². The molecule has 1 N–H and O–H groups in total. The van der Waals surface area contributed by atoms with Gasteiger partial charge in [0.05, 0.1) is 12.2 Å². The summed E-state index contributed by atoms with van der Waals surface area (Å²) in [4.78, 5) is 36.9. The Morgan fingerprint density at radius 3 is 2.59 bits per heavy atom. The molecule has 5 rings (SSSR count). The van der Waals surface area contributed by atoms with Gasteiger partial charge in [0.15, 0.2) is 10.8 Å². The van der Waals surface area contributed by atoms with E-state index in [2.05, 4.69) is 10.3 Å². The topological polar surface area (TPSA) is 93.1 Å². The predicted molar refractivity (Wildman–Crippen MR) is 138 cm³/mol. The number of aliphatic imine (C=N–C) groups is 1. The Morgan fingerprint density at radius 2 is 2.00 bits per heavy atom. The second-order valence-electron chi connectivity index (χ2n) is 10.3. The van der Waals surface area contributed by atoms with E-state index in [0.717, 1.165) is 0 Å². The van der Waals surface area contributed by atoms with E-state index in [4.69, 9.17) is 26.1 Å². The van der Waals surface area contributed by atoms with E-state index in [-0.39, 0.29) is 35.5 Å². The molecule has 1 aromatic heterocycles. The Labute approximate surface area is 223 Å². The van der Waals surface area contributed by atoms with Gasteiger partial charge >= 0.3 is 12.1 Å². The number of rotatable bonds is 5. The zero-order chi connectivity index (χ0) is 26.5. The van der Waals surface area contributed by atoms with Crippen molar-refractivity contribution in [2.75, 3.05) is 19.7 Å². The highest BCUT2D eigenvalue weighted by Crippen LogP contribution is 2.57. The minimum atomic E-state index is -0.800. The Hall–Kier alpha value is -2.98. The summed E-state index contributed by atoms with van der Waals surface area (Å²) in [5.41, 5.74) is 0.969. The fourth-order valence-corrected chi connectivity index (χ4v) is 5.95. The number of hydrogen-bond donors (Lipinski definition) is 1. The first kappa shape index (κ1) is 25.7. The standard InChI is InChI=1S/C26H28ClFN4O4S/c1-5-35-24(33)19-20(14-7-6-13(28)10-17(14)27)30-22(23-29-8-9-37-23)31-21(19)18-15-11-32(12-16(15)18)25(34)36-26(2,3)4/h6-10,15-16,18,20H,5,11-12H2,1-4H3,(H,30,31). The molecule has 8 nitrogen and oxygen atoms in total. The SMILES string of the molecule is CCOC(=O)C1=C(C2C3CN(C(=O)OC(C)(C)C)CC32)NC(c2nccs2)=NC1c1ccc(F)cc1Cl. The lowest BCUT2D eigenvalue weighted by Gasteiger charge is -2.30. The largest absolute Gasteiger partial charge is 0.463 e. The van der Waals surface area contributed by atoms with Gasteiger partial charge in [-0.15, -0.1) is 11.3 Å². The van der Waals surface area contributed by atoms with Crippen LogP contribution in [-0.2, 0) is 14.3 Å². The Morgan fingerprint density at radius 1 is 1.27 bits per heavy atom. The maximum atomic E-state index is 13.9. The van der Waals surface area contributed by atoms with Gasteiger partial charge in [0, 0.05) is 46.9 Å². The number of likely N-dealkylation sites (tertiary alicyclic amines) is 1. The fraction of sp³-hybridized carbons (Fsp3) is 0.462. The smallest absolute Gasteiger partial charge is 0.410 e. The minimum absolute atomic E-state index is 0.00900. The molecule has 2 aliphatic heterocycles. The van der Waals surface area contributed by atoms with Crippen LogP contribution in [0.5, 0.6) is 0 Å². The average molecular weight is 547 g/mol. The van der Waals surface area contributed by atoms with Crippen LogP contribution in [0.1, 0.15) is 44.3 Å². The normalized spacial score (nSPS) is 24.8. The highest BCUT2D eigenvalue weighted by molar-refractivity contribution is 7.11. The highest BCUT2D eigenvalue weighted by Gasteiger charge is 2.60. The third-order valence-electron chi connectivity index (χ3n) is 6.64. The molecule has 3 atom stereocenters. The van der Waals surface area contributed by atoms with Gasteiger partial charge in [-0.1, -0.05) is 17.7 Å². The van der Waals surface area contributed by atoms with Gasteiger partial charge < -0.3 is 19.7 Å². The van der Waals surface area contributed by atoms with Gasteiger partial charge in [-0.25, -0.2) is 19.0 Å². The minimum Gasteiger partial charge on any atom is -0.463 e. The predicted octanol–water partition coefficient (Wildman–Crippen LogP) is 4.96. The molecule has 3 unspecified atom stereocenters. The number of nitrogens with zero attached hydrogens (tertiary/aromatic N) is 3. The summed E-state index contributed by atoms with van der Waals surface area (Å²) in [7, 11) is 0. The fourth-order valence-electron chi connectivity index (χ4n) is 5.09. The molecular formula is C26H28ClFN4O4S. The summed E-state index contributed by atoms with van der Waals surface area (Å²) < 4.78 is 24.9. The second kappa shape index (κ2) is 9.72. The number of amidine groups is 1. The number of esters is 1. The second-order valence-corrected chi connectivity index (χ2v) is 11.6. The summed E-state index contributed by atoms with van der Waals surface area (Å²) >= 11 is 7.87. The molecule has 2 fully saturated rings. The van der Waals surface area contributed by atoms with Gasteiger partial charge in [0.2, 0.25) is 0 Å². The zero-order valence-corrected chi connectivity index (χ0v) is 22.5. The maximum Gasteiger partial charge on any atom is 0.410 e. The molecule has 3 heterocycles. The molecule has 3 aliphatic rings. The van der Waals surface area contributed by atoms with Crippen LogP contribution in [0.4, 0.5) is 9.18 Å². The van der Waals surface area contributed by atoms with E-state index in [0.29, 0.717) is 40.8 Å². The number of nitrogens with one attached hydrogen (secondary N) is 1. The number of ether oxygens (including phenoxy) is 2. The molecule has 1 saturated heterocycles. The van der Waals surface area contributed by atoms with Crippen molar-refractivity contribution in [1.29, 1.82) is 0 Å². The lowest BCUT2D eigenvalue weighted by Crippen LogP contribution is -2.39. The molecule has 1 saturated carbocycles. The number of hydrogen-bond acceptors (Lipinski definition) is 8. The van der Waals surface area contributed by atoms with Crippen LogP contribution in [-0.4, -0.2) is 53.1 Å². The van der Waals surface area contributed by atoms with Crippen molar-refractivity contribution in [3.05, 3.63) is 62.5 Å². The monoisotopic (exact) mass is 546 g/mol. The van der Waals surface area contributed by atoms with Crippen molar-refractivity contribution in [1.82, 2.24) is 15.2 Å². The van der Waals surface area contributed by atoms with E-state index in [1.54, 1.807) is 24.1 Å². The van der Waals surface area contributed by atoms with Crippen molar-refractivity contribution in [2.45, 2.75) is 39.3 Å². The Balaban J connectivity index is 1.52. The lowest BCUT2D eigenvalue weighted by atomic mass is 9.93. The quantitative estimate of drug-likeness (QED) is 0.533. The van der Waals surface area contributed by atoms with E-state index in [1.807, 2.05) is 26.2 Å². The lowest BCUT2D eigenvalue weighted by molar-refractivity contribution is -0.139. The molecule has 37 heavy (non-hydrogen) atoms. The molecule has 0 spiro atoms. The Kier molecular flexibility index (Phi) is 6.74. The van der Waals surface area contributed by atoms with Crippen molar-refractivity contribution in [3.8, 4) is 0 Å². The summed E-state index contributed by atoms with van der Waals surface area (Å²) in [6.07, 6.45) is 1.34. The number of fused-ring (bicyclic) bond motifs is 1.